The molecule has 0 atom stereocenters. The molecule has 74 valence electrons. The smallest absolute Gasteiger partial charge is 0.113 e. The Bertz CT molecular complexity index is 390. The Labute approximate surface area is 99.2 Å². The van der Waals surface area contributed by atoms with Gasteiger partial charge < -0.3 is 5.73 Å². The van der Waals surface area contributed by atoms with Crippen molar-refractivity contribution < 1.29 is 0 Å². The van der Waals surface area contributed by atoms with Crippen LogP contribution in [0.3, 0.4) is 0 Å². The number of nitrogens with one attached hydrogen (secondary N) is 1. The van der Waals surface area contributed by atoms with Crippen LogP contribution in [0.5, 0.6) is 0 Å². The molecule has 1 aliphatic heterocycles. The van der Waals surface area contributed by atoms with E-state index in [2.05, 4.69) is 37.3 Å². The van der Waals surface area contributed by atoms with Gasteiger partial charge in [0.05, 0.1) is 12.2 Å². The summed E-state index contributed by atoms with van der Waals surface area (Å²) < 4.78 is 2.07. The molecule has 0 spiro atoms. The summed E-state index contributed by atoms with van der Waals surface area (Å²) in [6, 6.07) is 6.05. The SMILES string of the molecule is NC1=CCN(c2ccc(Br)c(Br)c2)N1. The topological polar surface area (TPSA) is 41.3 Å². The Kier molecular flexibility index (Phi) is 2.69. The molecule has 0 radical (unpaired) electrons. The minimum absolute atomic E-state index is 0.698. The molecule has 0 unspecified atom stereocenters. The van der Waals surface area contributed by atoms with Crippen molar-refractivity contribution in [1.29, 1.82) is 0 Å². The number of benzene rings is 1. The second-order valence-corrected chi connectivity index (χ2v) is 4.69. The highest BCUT2D eigenvalue weighted by molar-refractivity contribution is 9.13. The zero-order valence-electron chi connectivity index (χ0n) is 7.30. The highest BCUT2D eigenvalue weighted by atomic mass is 79.9. The van der Waals surface area contributed by atoms with Crippen LogP contribution in [0, 0.1) is 0 Å². The van der Waals surface area contributed by atoms with Gasteiger partial charge >= 0.3 is 0 Å². The Morgan fingerprint density at radius 3 is 2.64 bits per heavy atom. The zero-order valence-corrected chi connectivity index (χ0v) is 10.5. The molecular formula is C9H9Br2N3. The van der Waals surface area contributed by atoms with Crippen molar-refractivity contribution in [1.82, 2.24) is 5.43 Å². The summed E-state index contributed by atoms with van der Waals surface area (Å²) in [7, 11) is 0. The number of anilines is 1. The number of rotatable bonds is 1. The van der Waals surface area contributed by atoms with E-state index in [0.29, 0.717) is 5.82 Å². The first-order valence-electron chi connectivity index (χ1n) is 4.12. The third-order valence-electron chi connectivity index (χ3n) is 1.97. The third-order valence-corrected chi connectivity index (χ3v) is 3.85. The van der Waals surface area contributed by atoms with E-state index in [1.54, 1.807) is 0 Å². The van der Waals surface area contributed by atoms with Gasteiger partial charge in [0.1, 0.15) is 5.82 Å². The van der Waals surface area contributed by atoms with Crippen LogP contribution >= 0.6 is 31.9 Å². The van der Waals surface area contributed by atoms with E-state index >= 15 is 0 Å². The van der Waals surface area contributed by atoms with Crippen molar-refractivity contribution in [3.8, 4) is 0 Å². The van der Waals surface area contributed by atoms with Gasteiger partial charge in [-0.2, -0.15) is 0 Å². The molecule has 0 saturated carbocycles. The summed E-state index contributed by atoms with van der Waals surface area (Å²) in [5.74, 6) is 0.698. The van der Waals surface area contributed by atoms with Gasteiger partial charge in [-0.15, -0.1) is 0 Å². The van der Waals surface area contributed by atoms with E-state index in [1.807, 2.05) is 29.3 Å². The maximum Gasteiger partial charge on any atom is 0.113 e. The minimum Gasteiger partial charge on any atom is -0.384 e. The molecular weight excluding hydrogens is 310 g/mol. The predicted molar refractivity (Wildman–Crippen MR) is 64.6 cm³/mol. The van der Waals surface area contributed by atoms with E-state index < -0.39 is 0 Å². The molecule has 0 saturated heterocycles. The predicted octanol–water partition coefficient (Wildman–Crippen LogP) is 2.34. The molecule has 3 nitrogen and oxygen atoms in total. The van der Waals surface area contributed by atoms with Gasteiger partial charge in [-0.05, 0) is 56.1 Å². The summed E-state index contributed by atoms with van der Waals surface area (Å²) in [5, 5.41) is 1.98. The third kappa shape index (κ3) is 1.88. The van der Waals surface area contributed by atoms with Gasteiger partial charge in [0.2, 0.25) is 0 Å². The first-order valence-corrected chi connectivity index (χ1v) is 5.70. The van der Waals surface area contributed by atoms with Crippen LogP contribution in [-0.2, 0) is 0 Å². The van der Waals surface area contributed by atoms with Gasteiger partial charge in [-0.25, -0.2) is 0 Å². The monoisotopic (exact) mass is 317 g/mol. The number of halogens is 2. The van der Waals surface area contributed by atoms with Gasteiger partial charge in [-0.3, -0.25) is 10.4 Å². The van der Waals surface area contributed by atoms with Gasteiger partial charge in [-0.1, -0.05) is 0 Å². The molecule has 1 aromatic rings. The first kappa shape index (κ1) is 9.86. The first-order chi connectivity index (χ1) is 6.66. The van der Waals surface area contributed by atoms with E-state index in [4.69, 9.17) is 5.73 Å². The molecule has 0 bridgehead atoms. The van der Waals surface area contributed by atoms with Crippen LogP contribution in [0.25, 0.3) is 0 Å². The molecule has 0 aliphatic carbocycles. The second kappa shape index (κ2) is 3.82. The largest absolute Gasteiger partial charge is 0.384 e. The molecule has 0 fully saturated rings. The number of nitrogens with zero attached hydrogens (tertiary/aromatic N) is 1. The summed E-state index contributed by atoms with van der Waals surface area (Å²) in [6.07, 6.45) is 1.94. The highest BCUT2D eigenvalue weighted by Crippen LogP contribution is 2.28. The Morgan fingerprint density at radius 1 is 1.29 bits per heavy atom. The molecule has 1 aromatic carbocycles. The standard InChI is InChI=1S/C9H9Br2N3/c10-7-2-1-6(5-8(7)11)14-4-3-9(12)13-14/h1-3,5,13H,4,12H2. The zero-order chi connectivity index (χ0) is 10.1. The van der Waals surface area contributed by atoms with Crippen molar-refractivity contribution >= 4 is 37.5 Å². The molecule has 3 N–H and O–H groups in total. The number of nitrogens with two attached hydrogens (primary N) is 1. The van der Waals surface area contributed by atoms with Crippen molar-refractivity contribution in [2.75, 3.05) is 11.6 Å². The maximum absolute atomic E-state index is 5.62. The summed E-state index contributed by atoms with van der Waals surface area (Å²) in [6.45, 7) is 0.792. The molecule has 0 amide bonds. The quantitative estimate of drug-likeness (QED) is 0.835. The number of hydrogen-bond acceptors (Lipinski definition) is 3. The molecule has 0 aromatic heterocycles. The summed E-state index contributed by atoms with van der Waals surface area (Å²) in [4.78, 5) is 0. The van der Waals surface area contributed by atoms with Crippen molar-refractivity contribution in [2.45, 2.75) is 0 Å². The van der Waals surface area contributed by atoms with Crippen LogP contribution in [0.4, 0.5) is 5.69 Å². The van der Waals surface area contributed by atoms with E-state index in [-0.39, 0.29) is 0 Å². The lowest BCUT2D eigenvalue weighted by molar-refractivity contribution is 0.797. The number of hydrogen-bond donors (Lipinski definition) is 2. The Balaban J connectivity index is 2.22. The van der Waals surface area contributed by atoms with E-state index in [0.717, 1.165) is 21.2 Å². The van der Waals surface area contributed by atoms with Crippen molar-refractivity contribution in [2.24, 2.45) is 5.73 Å². The molecule has 14 heavy (non-hydrogen) atoms. The van der Waals surface area contributed by atoms with Crippen molar-refractivity contribution in [3.05, 3.63) is 39.0 Å². The fourth-order valence-electron chi connectivity index (χ4n) is 1.26. The lowest BCUT2D eigenvalue weighted by atomic mass is 10.3. The van der Waals surface area contributed by atoms with Crippen LogP contribution < -0.4 is 16.2 Å². The van der Waals surface area contributed by atoms with E-state index in [9.17, 15) is 0 Å². The second-order valence-electron chi connectivity index (χ2n) is 2.98. The average molecular weight is 319 g/mol. The minimum atomic E-state index is 0.698. The Morgan fingerprint density at radius 2 is 2.07 bits per heavy atom. The lowest BCUT2D eigenvalue weighted by Gasteiger charge is -2.19. The van der Waals surface area contributed by atoms with Crippen LogP contribution in [0.1, 0.15) is 0 Å². The van der Waals surface area contributed by atoms with Gasteiger partial charge in [0.25, 0.3) is 0 Å². The molecule has 1 aliphatic rings. The van der Waals surface area contributed by atoms with Crippen molar-refractivity contribution in [3.63, 3.8) is 0 Å². The molecule has 5 heteroatoms. The van der Waals surface area contributed by atoms with Crippen LogP contribution in [-0.4, -0.2) is 6.54 Å². The van der Waals surface area contributed by atoms with Gasteiger partial charge in [0.15, 0.2) is 0 Å². The molecule has 2 rings (SSSR count). The molecule has 1 heterocycles. The maximum atomic E-state index is 5.62. The fourth-order valence-corrected chi connectivity index (χ4v) is 1.87. The number of hydrazine groups is 1. The lowest BCUT2D eigenvalue weighted by Crippen LogP contribution is -2.33. The summed E-state index contributed by atoms with van der Waals surface area (Å²) in [5.41, 5.74) is 9.75. The summed E-state index contributed by atoms with van der Waals surface area (Å²) >= 11 is 6.88. The normalized spacial score (nSPS) is 15.3. The van der Waals surface area contributed by atoms with Crippen LogP contribution in [0.2, 0.25) is 0 Å². The average Bonchev–Trinajstić information content (AvgIpc) is 2.57. The van der Waals surface area contributed by atoms with E-state index in [1.165, 1.54) is 0 Å². The van der Waals surface area contributed by atoms with Gasteiger partial charge in [0, 0.05) is 8.95 Å². The van der Waals surface area contributed by atoms with Crippen LogP contribution in [0.15, 0.2) is 39.0 Å². The highest BCUT2D eigenvalue weighted by Gasteiger charge is 2.11. The fraction of sp³-hybridized carbons (Fsp3) is 0.111. The Hall–Kier alpha value is -0.680.